The topological polar surface area (TPSA) is 135 Å². The largest absolute Gasteiger partial charge is 0.384 e. The third kappa shape index (κ3) is 5.77. The van der Waals surface area contributed by atoms with Crippen LogP contribution in [0, 0.1) is 11.3 Å². The molecule has 1 fully saturated rings. The lowest BCUT2D eigenvalue weighted by molar-refractivity contribution is -0.116. The molecule has 1 aliphatic heterocycles. The van der Waals surface area contributed by atoms with E-state index in [0.29, 0.717) is 36.7 Å². The van der Waals surface area contributed by atoms with E-state index in [-0.39, 0.29) is 33.1 Å². The molecule has 10 heteroatoms. The second-order valence-corrected chi connectivity index (χ2v) is 15.1. The van der Waals surface area contributed by atoms with Crippen LogP contribution in [0.3, 0.4) is 0 Å². The molecular formula is C30H41N5O4S. The summed E-state index contributed by atoms with van der Waals surface area (Å²) in [6.07, 6.45) is 3.61. The Hall–Kier alpha value is -3.27. The van der Waals surface area contributed by atoms with Crippen molar-refractivity contribution in [2.75, 3.05) is 17.2 Å². The van der Waals surface area contributed by atoms with Crippen LogP contribution in [0.5, 0.6) is 0 Å². The van der Waals surface area contributed by atoms with Crippen molar-refractivity contribution in [2.45, 2.75) is 90.6 Å². The van der Waals surface area contributed by atoms with E-state index >= 15 is 0 Å². The van der Waals surface area contributed by atoms with Gasteiger partial charge in [0.25, 0.3) is 15.9 Å². The Bertz CT molecular complexity index is 1500. The number of ketones is 1. The van der Waals surface area contributed by atoms with Gasteiger partial charge in [-0.2, -0.15) is 8.42 Å². The van der Waals surface area contributed by atoms with Gasteiger partial charge in [-0.25, -0.2) is 14.7 Å². The van der Waals surface area contributed by atoms with Crippen molar-refractivity contribution < 1.29 is 18.0 Å². The number of nitrogen functional groups attached to an aromatic ring is 1. The van der Waals surface area contributed by atoms with Crippen molar-refractivity contribution in [3.05, 3.63) is 47.2 Å². The van der Waals surface area contributed by atoms with Crippen LogP contribution in [-0.2, 0) is 20.2 Å². The number of anilines is 2. The summed E-state index contributed by atoms with van der Waals surface area (Å²) >= 11 is 0. The average Bonchev–Trinajstić information content (AvgIpc) is 3.08. The summed E-state index contributed by atoms with van der Waals surface area (Å²) in [6.45, 7) is 17.3. The molecule has 0 aromatic carbocycles. The Kier molecular flexibility index (Phi) is 7.41. The molecule has 0 spiro atoms. The number of aromatic nitrogens is 2. The second kappa shape index (κ2) is 9.98. The zero-order chi connectivity index (χ0) is 29.8. The van der Waals surface area contributed by atoms with Crippen molar-refractivity contribution in [1.82, 2.24) is 14.7 Å². The van der Waals surface area contributed by atoms with Gasteiger partial charge in [0.1, 0.15) is 11.6 Å². The van der Waals surface area contributed by atoms with Crippen LogP contribution in [0.2, 0.25) is 0 Å². The lowest BCUT2D eigenvalue weighted by Gasteiger charge is -2.38. The van der Waals surface area contributed by atoms with Gasteiger partial charge in [-0.3, -0.25) is 9.59 Å². The van der Waals surface area contributed by atoms with Crippen molar-refractivity contribution in [1.29, 1.82) is 0 Å². The van der Waals surface area contributed by atoms with Crippen LogP contribution >= 0.6 is 0 Å². The SMILES string of the molecule is CC1CCN(c2nc(C(C)(C)C)c(C3=CC(=O)CC(C)(C)C3)cc2C(=O)NS(=O)(=O)c2cccc(N)n2)C1(C)C. The lowest BCUT2D eigenvalue weighted by atomic mass is 9.73. The minimum Gasteiger partial charge on any atom is -0.384 e. The highest BCUT2D eigenvalue weighted by atomic mass is 32.2. The molecule has 1 aliphatic carbocycles. The monoisotopic (exact) mass is 567 g/mol. The fraction of sp³-hybridized carbons (Fsp3) is 0.533. The Morgan fingerprint density at radius 2 is 1.80 bits per heavy atom. The van der Waals surface area contributed by atoms with E-state index < -0.39 is 21.3 Å². The molecule has 0 saturated carbocycles. The number of nitrogens with two attached hydrogens (primary N) is 1. The smallest absolute Gasteiger partial charge is 0.281 e. The van der Waals surface area contributed by atoms with Crippen LogP contribution < -0.4 is 15.4 Å². The fourth-order valence-electron chi connectivity index (χ4n) is 5.63. The maximum atomic E-state index is 13.9. The van der Waals surface area contributed by atoms with Crippen molar-refractivity contribution in [3.63, 3.8) is 0 Å². The second-order valence-electron chi connectivity index (χ2n) is 13.5. The number of sulfonamides is 1. The van der Waals surface area contributed by atoms with Crippen LogP contribution in [0.4, 0.5) is 11.6 Å². The maximum absolute atomic E-state index is 13.9. The van der Waals surface area contributed by atoms with Gasteiger partial charge in [0.05, 0.1) is 11.3 Å². The van der Waals surface area contributed by atoms with E-state index in [2.05, 4.69) is 35.4 Å². The molecule has 1 atom stereocenters. The van der Waals surface area contributed by atoms with E-state index in [1.54, 1.807) is 12.1 Å². The maximum Gasteiger partial charge on any atom is 0.281 e. The first-order valence-corrected chi connectivity index (χ1v) is 15.2. The third-order valence-electron chi connectivity index (χ3n) is 8.15. The van der Waals surface area contributed by atoms with E-state index in [4.69, 9.17) is 10.7 Å². The van der Waals surface area contributed by atoms with Gasteiger partial charge in [-0.05, 0) is 67.9 Å². The van der Waals surface area contributed by atoms with E-state index in [1.807, 2.05) is 34.6 Å². The van der Waals surface area contributed by atoms with Gasteiger partial charge in [0.15, 0.2) is 10.8 Å². The van der Waals surface area contributed by atoms with Crippen LogP contribution in [0.1, 0.15) is 96.3 Å². The van der Waals surface area contributed by atoms with Gasteiger partial charge < -0.3 is 10.6 Å². The average molecular weight is 568 g/mol. The van der Waals surface area contributed by atoms with E-state index in [9.17, 15) is 18.0 Å². The zero-order valence-corrected chi connectivity index (χ0v) is 25.6. The number of allylic oxidation sites excluding steroid dienone is 2. The molecule has 1 unspecified atom stereocenters. The molecule has 3 N–H and O–H groups in total. The summed E-state index contributed by atoms with van der Waals surface area (Å²) in [5.74, 6) is -0.0171. The van der Waals surface area contributed by atoms with Crippen molar-refractivity contribution >= 4 is 38.9 Å². The summed E-state index contributed by atoms with van der Waals surface area (Å²) in [4.78, 5) is 37.7. The third-order valence-corrected chi connectivity index (χ3v) is 9.38. The number of rotatable bonds is 5. The molecule has 2 aromatic rings. The summed E-state index contributed by atoms with van der Waals surface area (Å²) in [6, 6.07) is 5.94. The number of carbonyl (C=O) groups is 2. The van der Waals surface area contributed by atoms with Gasteiger partial charge in [0, 0.05) is 29.5 Å². The Morgan fingerprint density at radius 3 is 2.35 bits per heavy atom. The predicted octanol–water partition coefficient (Wildman–Crippen LogP) is 4.87. The van der Waals surface area contributed by atoms with Gasteiger partial charge >= 0.3 is 0 Å². The van der Waals surface area contributed by atoms with Gasteiger partial charge in [-0.1, -0.05) is 47.6 Å². The van der Waals surface area contributed by atoms with Crippen molar-refractivity contribution in [3.8, 4) is 0 Å². The van der Waals surface area contributed by atoms with Crippen LogP contribution in [0.15, 0.2) is 35.4 Å². The van der Waals surface area contributed by atoms with Gasteiger partial charge in [-0.15, -0.1) is 0 Å². The summed E-state index contributed by atoms with van der Waals surface area (Å²) in [7, 11) is -4.32. The highest BCUT2D eigenvalue weighted by molar-refractivity contribution is 7.90. The normalized spacial score (nSPS) is 20.8. The number of carbonyl (C=O) groups excluding carboxylic acids is 2. The predicted molar refractivity (Wildman–Crippen MR) is 157 cm³/mol. The highest BCUT2D eigenvalue weighted by Gasteiger charge is 2.42. The number of nitrogens with one attached hydrogen (secondary N) is 1. The molecule has 1 saturated heterocycles. The molecule has 4 rings (SSSR count). The first-order chi connectivity index (χ1) is 18.3. The number of nitrogens with zero attached hydrogens (tertiary/aromatic N) is 3. The molecule has 9 nitrogen and oxygen atoms in total. The quantitative estimate of drug-likeness (QED) is 0.522. The highest BCUT2D eigenvalue weighted by Crippen LogP contribution is 2.44. The first kappa shape index (κ1) is 29.7. The molecule has 0 bridgehead atoms. The number of hydrogen-bond donors (Lipinski definition) is 2. The molecule has 0 radical (unpaired) electrons. The molecule has 2 aromatic heterocycles. The van der Waals surface area contributed by atoms with Crippen molar-refractivity contribution in [2.24, 2.45) is 11.3 Å². The van der Waals surface area contributed by atoms with Gasteiger partial charge in [0.2, 0.25) is 0 Å². The molecular weight excluding hydrogens is 526 g/mol. The lowest BCUT2D eigenvalue weighted by Crippen LogP contribution is -2.44. The summed E-state index contributed by atoms with van der Waals surface area (Å²) < 4.78 is 28.6. The minimum atomic E-state index is -4.32. The number of amides is 1. The standard InChI is InChI=1S/C30H41N5O4S/c1-18-12-13-35(30(18,7)8)26-22(27(37)34-40(38,39)24-11-9-10-23(31)32-24)15-21(25(33-26)28(2,3)4)19-14-20(36)17-29(5,6)16-19/h9-11,14-15,18H,12-13,16-17H2,1-8H3,(H2,31,32)(H,34,37). The van der Waals surface area contributed by atoms with Crippen LogP contribution in [-0.4, -0.2) is 42.2 Å². The Labute approximate surface area is 237 Å². The molecule has 216 valence electrons. The van der Waals surface area contributed by atoms with E-state index in [0.717, 1.165) is 17.7 Å². The summed E-state index contributed by atoms with van der Waals surface area (Å²) in [5.41, 5.74) is 7.08. The van der Waals surface area contributed by atoms with E-state index in [1.165, 1.54) is 18.2 Å². The Balaban J connectivity index is 1.94. The number of hydrogen-bond acceptors (Lipinski definition) is 8. The Morgan fingerprint density at radius 1 is 1.12 bits per heavy atom. The molecule has 1 amide bonds. The zero-order valence-electron chi connectivity index (χ0n) is 24.8. The molecule has 40 heavy (non-hydrogen) atoms. The molecule has 3 heterocycles. The minimum absolute atomic E-state index is 0.0195. The fourth-order valence-corrected chi connectivity index (χ4v) is 6.57. The number of pyridine rings is 2. The summed E-state index contributed by atoms with van der Waals surface area (Å²) in [5, 5.41) is -0.348. The van der Waals surface area contributed by atoms with Crippen LogP contribution in [0.25, 0.3) is 5.57 Å². The first-order valence-electron chi connectivity index (χ1n) is 13.7. The molecule has 2 aliphatic rings.